The van der Waals surface area contributed by atoms with Crippen LogP contribution < -0.4 is 0 Å². The van der Waals surface area contributed by atoms with Gasteiger partial charge in [0.15, 0.2) is 6.29 Å². The number of hydrogen-bond donors (Lipinski definition) is 0. The Hall–Kier alpha value is -0.490. The summed E-state index contributed by atoms with van der Waals surface area (Å²) in [4.78, 5) is 10.5. The topological polar surface area (TPSA) is 54.0 Å². The number of carbonyl (C=O) groups is 1. The second kappa shape index (κ2) is 7.84. The highest BCUT2D eigenvalue weighted by Crippen LogP contribution is 2.34. The highest BCUT2D eigenvalue weighted by Gasteiger charge is 2.42. The largest absolute Gasteiger partial charge is 0.359 e. The van der Waals surface area contributed by atoms with Crippen molar-refractivity contribution in [3.8, 4) is 0 Å². The van der Waals surface area contributed by atoms with E-state index in [2.05, 4.69) is 6.92 Å². The average molecular weight is 260 g/mol. The number of rotatable bonds is 7. The maximum absolute atomic E-state index is 10.5. The molecule has 5 nitrogen and oxygen atoms in total. The van der Waals surface area contributed by atoms with Gasteiger partial charge in [-0.15, -0.1) is 0 Å². The van der Waals surface area contributed by atoms with Gasteiger partial charge in [0.05, 0.1) is 12.2 Å². The van der Waals surface area contributed by atoms with E-state index in [9.17, 15) is 4.79 Å². The Morgan fingerprint density at radius 2 is 1.94 bits per heavy atom. The van der Waals surface area contributed by atoms with Crippen LogP contribution >= 0.6 is 0 Å². The van der Waals surface area contributed by atoms with E-state index in [0.29, 0.717) is 12.8 Å². The molecule has 0 amide bonds. The number of hydrogen-bond acceptors (Lipinski definition) is 5. The fraction of sp³-hybridized carbons (Fsp3) is 0.923. The van der Waals surface area contributed by atoms with E-state index in [4.69, 9.17) is 18.9 Å². The van der Waals surface area contributed by atoms with Crippen LogP contribution in [0.5, 0.6) is 0 Å². The second-order valence-corrected chi connectivity index (χ2v) is 4.78. The van der Waals surface area contributed by atoms with Crippen molar-refractivity contribution in [3.63, 3.8) is 0 Å². The van der Waals surface area contributed by atoms with Gasteiger partial charge in [-0.1, -0.05) is 13.8 Å². The van der Waals surface area contributed by atoms with Crippen LogP contribution in [0.25, 0.3) is 0 Å². The minimum atomic E-state index is -0.292. The minimum Gasteiger partial charge on any atom is -0.359 e. The molecule has 18 heavy (non-hydrogen) atoms. The van der Waals surface area contributed by atoms with Crippen molar-refractivity contribution in [2.75, 3.05) is 21.0 Å². The van der Waals surface area contributed by atoms with E-state index in [1.165, 1.54) is 0 Å². The molecule has 1 saturated heterocycles. The van der Waals surface area contributed by atoms with Gasteiger partial charge in [0.2, 0.25) is 0 Å². The fourth-order valence-corrected chi connectivity index (χ4v) is 2.55. The van der Waals surface area contributed by atoms with Gasteiger partial charge in [-0.3, -0.25) is 0 Å². The molecule has 1 aliphatic rings. The predicted molar refractivity (Wildman–Crippen MR) is 66.0 cm³/mol. The molecule has 0 aliphatic carbocycles. The summed E-state index contributed by atoms with van der Waals surface area (Å²) >= 11 is 0. The molecule has 1 fully saturated rings. The molecule has 0 N–H and O–H groups in total. The Morgan fingerprint density at radius 1 is 1.22 bits per heavy atom. The van der Waals surface area contributed by atoms with Gasteiger partial charge < -0.3 is 23.7 Å². The zero-order valence-electron chi connectivity index (χ0n) is 11.6. The van der Waals surface area contributed by atoms with Crippen molar-refractivity contribution in [2.24, 2.45) is 11.8 Å². The summed E-state index contributed by atoms with van der Waals surface area (Å²) in [7, 11) is 3.23. The van der Waals surface area contributed by atoms with Gasteiger partial charge in [-0.2, -0.15) is 0 Å². The quantitative estimate of drug-likeness (QED) is 0.514. The molecular weight excluding hydrogens is 236 g/mol. The summed E-state index contributed by atoms with van der Waals surface area (Å²) < 4.78 is 21.9. The highest BCUT2D eigenvalue weighted by atomic mass is 16.7. The smallest absolute Gasteiger partial charge is 0.162 e. The van der Waals surface area contributed by atoms with E-state index in [1.54, 1.807) is 14.2 Å². The number of methoxy groups -OCH3 is 2. The molecule has 0 unspecified atom stereocenters. The Morgan fingerprint density at radius 3 is 2.50 bits per heavy atom. The first-order chi connectivity index (χ1) is 8.65. The van der Waals surface area contributed by atoms with Crippen LogP contribution in [-0.2, 0) is 23.7 Å². The Labute approximate surface area is 109 Å². The van der Waals surface area contributed by atoms with Crippen LogP contribution in [0, 0.1) is 11.8 Å². The van der Waals surface area contributed by atoms with Crippen molar-refractivity contribution < 1.29 is 23.7 Å². The first kappa shape index (κ1) is 15.6. The zero-order chi connectivity index (χ0) is 13.5. The molecule has 0 spiro atoms. The van der Waals surface area contributed by atoms with Gasteiger partial charge in [0, 0.05) is 32.5 Å². The van der Waals surface area contributed by atoms with Gasteiger partial charge >= 0.3 is 0 Å². The SMILES string of the molecule is COCO[C@H]1[C@@H](C)[C@H](CCC=O)O[C@@H](OC)[C@@H]1C. The summed E-state index contributed by atoms with van der Waals surface area (Å²) in [6, 6.07) is 0. The van der Waals surface area contributed by atoms with Crippen molar-refractivity contribution in [3.05, 3.63) is 0 Å². The summed E-state index contributed by atoms with van der Waals surface area (Å²) in [5.41, 5.74) is 0. The van der Waals surface area contributed by atoms with Gasteiger partial charge in [0.1, 0.15) is 13.1 Å². The van der Waals surface area contributed by atoms with Crippen molar-refractivity contribution in [1.82, 2.24) is 0 Å². The maximum Gasteiger partial charge on any atom is 0.162 e. The third-order valence-electron chi connectivity index (χ3n) is 3.54. The number of carbonyl (C=O) groups excluding carboxylic acids is 1. The van der Waals surface area contributed by atoms with E-state index in [0.717, 1.165) is 6.29 Å². The predicted octanol–water partition coefficient (Wildman–Crippen LogP) is 1.60. The van der Waals surface area contributed by atoms with Crippen molar-refractivity contribution >= 4 is 6.29 Å². The van der Waals surface area contributed by atoms with Crippen molar-refractivity contribution in [1.29, 1.82) is 0 Å². The monoisotopic (exact) mass is 260 g/mol. The van der Waals surface area contributed by atoms with E-state index >= 15 is 0 Å². The molecule has 5 heteroatoms. The lowest BCUT2D eigenvalue weighted by atomic mass is 9.84. The van der Waals surface area contributed by atoms with Crippen LogP contribution in [0.15, 0.2) is 0 Å². The summed E-state index contributed by atoms with van der Waals surface area (Å²) in [6.45, 7) is 4.38. The third kappa shape index (κ3) is 3.75. The van der Waals surface area contributed by atoms with Gasteiger partial charge in [-0.25, -0.2) is 0 Å². The van der Waals surface area contributed by atoms with Crippen LogP contribution in [-0.4, -0.2) is 45.8 Å². The van der Waals surface area contributed by atoms with Crippen molar-refractivity contribution in [2.45, 2.75) is 45.2 Å². The summed E-state index contributed by atoms with van der Waals surface area (Å²) in [6.07, 6.45) is 1.82. The molecule has 1 heterocycles. The molecule has 0 radical (unpaired) electrons. The Balaban J connectivity index is 2.68. The minimum absolute atomic E-state index is 0.0142. The molecule has 1 rings (SSSR count). The van der Waals surface area contributed by atoms with Gasteiger partial charge in [0.25, 0.3) is 0 Å². The Bertz CT molecular complexity index is 246. The highest BCUT2D eigenvalue weighted by molar-refractivity contribution is 5.49. The molecule has 0 aromatic carbocycles. The molecule has 0 saturated carbocycles. The zero-order valence-corrected chi connectivity index (χ0v) is 11.6. The first-order valence-corrected chi connectivity index (χ1v) is 6.38. The number of ether oxygens (including phenoxy) is 4. The number of aldehydes is 1. The van der Waals surface area contributed by atoms with Gasteiger partial charge in [-0.05, 0) is 6.42 Å². The first-order valence-electron chi connectivity index (χ1n) is 6.38. The third-order valence-corrected chi connectivity index (χ3v) is 3.54. The normalized spacial score (nSPS) is 36.6. The Kier molecular flexibility index (Phi) is 6.78. The molecule has 106 valence electrons. The molecule has 1 aliphatic heterocycles. The average Bonchev–Trinajstić information content (AvgIpc) is 2.38. The molecule has 0 aromatic rings. The van der Waals surface area contributed by atoms with Crippen LogP contribution in [0.3, 0.4) is 0 Å². The molecule has 0 aromatic heterocycles. The maximum atomic E-state index is 10.5. The summed E-state index contributed by atoms with van der Waals surface area (Å²) in [5.74, 6) is 0.342. The second-order valence-electron chi connectivity index (χ2n) is 4.78. The van der Waals surface area contributed by atoms with Crippen LogP contribution in [0.2, 0.25) is 0 Å². The standard InChI is InChI=1S/C13H24O5/c1-9-11(6-5-7-14)18-13(16-4)10(2)12(9)17-8-15-3/h7,9-13H,5-6,8H2,1-4H3/t9-,10+,11-,12-,13+/m0/s1. The fourth-order valence-electron chi connectivity index (χ4n) is 2.55. The summed E-state index contributed by atoms with van der Waals surface area (Å²) in [5, 5.41) is 0. The van der Waals surface area contributed by atoms with E-state index < -0.39 is 0 Å². The van der Waals surface area contributed by atoms with Crippen LogP contribution in [0.1, 0.15) is 26.7 Å². The molecule has 0 bridgehead atoms. The molecular formula is C13H24O5. The lowest BCUT2D eigenvalue weighted by Crippen LogP contribution is -2.50. The van der Waals surface area contributed by atoms with E-state index in [1.807, 2.05) is 6.92 Å². The lowest BCUT2D eigenvalue weighted by Gasteiger charge is -2.43. The molecule has 5 atom stereocenters. The van der Waals surface area contributed by atoms with Crippen LogP contribution in [0.4, 0.5) is 0 Å². The lowest BCUT2D eigenvalue weighted by molar-refractivity contribution is -0.271. The van der Waals surface area contributed by atoms with E-state index in [-0.39, 0.29) is 37.1 Å².